The second-order valence-corrected chi connectivity index (χ2v) is 6.36. The molecule has 0 aromatic rings. The molecule has 2 rings (SSSR count). The smallest absolute Gasteiger partial charge is 0.225 e. The minimum Gasteiger partial charge on any atom is -0.377 e. The highest BCUT2D eigenvalue weighted by Gasteiger charge is 2.32. The fraction of sp³-hybridized carbons (Fsp3) is 0.933. The zero-order valence-electron chi connectivity index (χ0n) is 13.7. The lowest BCUT2D eigenvalue weighted by molar-refractivity contribution is -0.137. The molecule has 1 heterocycles. The van der Waals surface area contributed by atoms with Crippen molar-refractivity contribution in [1.82, 2.24) is 9.80 Å². The van der Waals surface area contributed by atoms with Gasteiger partial charge in [0.25, 0.3) is 0 Å². The maximum atomic E-state index is 12.4. The molecule has 1 saturated heterocycles. The van der Waals surface area contributed by atoms with E-state index in [1.807, 2.05) is 4.90 Å². The largest absolute Gasteiger partial charge is 0.377 e. The molecule has 2 aliphatic rings. The van der Waals surface area contributed by atoms with Gasteiger partial charge in [-0.15, -0.1) is 24.8 Å². The first kappa shape index (κ1) is 21.9. The number of ether oxygens (including phenoxy) is 1. The molecule has 2 atom stereocenters. The Morgan fingerprint density at radius 1 is 1.18 bits per heavy atom. The molecule has 0 aromatic heterocycles. The topological polar surface area (TPSA) is 58.8 Å². The van der Waals surface area contributed by atoms with Gasteiger partial charge >= 0.3 is 0 Å². The summed E-state index contributed by atoms with van der Waals surface area (Å²) in [6.07, 6.45) is 3.15. The normalized spacial score (nSPS) is 25.7. The number of hydrogen-bond donors (Lipinski definition) is 1. The lowest BCUT2D eigenvalue weighted by Gasteiger charge is -2.36. The van der Waals surface area contributed by atoms with Crippen molar-refractivity contribution in [2.45, 2.75) is 45.3 Å². The number of hydrogen-bond acceptors (Lipinski definition) is 4. The van der Waals surface area contributed by atoms with Crippen LogP contribution in [0.1, 0.15) is 33.1 Å². The molecule has 0 radical (unpaired) electrons. The number of piperazine rings is 1. The van der Waals surface area contributed by atoms with Crippen molar-refractivity contribution in [2.24, 2.45) is 11.7 Å². The third kappa shape index (κ3) is 6.59. The Balaban J connectivity index is 0.00000220. The van der Waals surface area contributed by atoms with E-state index in [-0.39, 0.29) is 36.8 Å². The van der Waals surface area contributed by atoms with Gasteiger partial charge in [-0.1, -0.05) is 0 Å². The summed E-state index contributed by atoms with van der Waals surface area (Å²) >= 11 is 0. The van der Waals surface area contributed by atoms with E-state index in [1.165, 1.54) is 0 Å². The molecule has 1 aliphatic heterocycles. The monoisotopic (exact) mass is 355 g/mol. The highest BCUT2D eigenvalue weighted by molar-refractivity contribution is 5.85. The van der Waals surface area contributed by atoms with Gasteiger partial charge in [0.2, 0.25) is 5.91 Å². The van der Waals surface area contributed by atoms with Crippen molar-refractivity contribution in [3.05, 3.63) is 0 Å². The third-order valence-corrected chi connectivity index (χ3v) is 4.37. The van der Waals surface area contributed by atoms with Crippen molar-refractivity contribution in [1.29, 1.82) is 0 Å². The van der Waals surface area contributed by atoms with Crippen LogP contribution in [0.2, 0.25) is 0 Å². The molecule has 2 unspecified atom stereocenters. The van der Waals surface area contributed by atoms with Crippen molar-refractivity contribution in [3.8, 4) is 0 Å². The molecule has 0 aromatic carbocycles. The average molecular weight is 356 g/mol. The van der Waals surface area contributed by atoms with Crippen LogP contribution in [0.5, 0.6) is 0 Å². The maximum absolute atomic E-state index is 12.4. The fourth-order valence-corrected chi connectivity index (χ4v) is 3.11. The van der Waals surface area contributed by atoms with E-state index >= 15 is 0 Å². The second-order valence-electron chi connectivity index (χ2n) is 6.36. The third-order valence-electron chi connectivity index (χ3n) is 4.37. The molecular formula is C15H31Cl2N3O2. The molecule has 2 fully saturated rings. The van der Waals surface area contributed by atoms with Gasteiger partial charge in [-0.05, 0) is 33.1 Å². The predicted molar refractivity (Wildman–Crippen MR) is 93.9 cm³/mol. The summed E-state index contributed by atoms with van der Waals surface area (Å²) in [7, 11) is 0. The lowest BCUT2D eigenvalue weighted by atomic mass is 10.1. The van der Waals surface area contributed by atoms with E-state index < -0.39 is 0 Å². The number of halogens is 2. The van der Waals surface area contributed by atoms with Crippen LogP contribution in [-0.4, -0.2) is 67.2 Å². The summed E-state index contributed by atoms with van der Waals surface area (Å²) in [6, 6.07) is 0.235. The molecule has 0 spiro atoms. The van der Waals surface area contributed by atoms with Crippen LogP contribution in [0.3, 0.4) is 0 Å². The highest BCUT2D eigenvalue weighted by Crippen LogP contribution is 2.26. The van der Waals surface area contributed by atoms with Crippen LogP contribution in [-0.2, 0) is 9.53 Å². The molecular weight excluding hydrogens is 325 g/mol. The maximum Gasteiger partial charge on any atom is 0.225 e. The lowest BCUT2D eigenvalue weighted by Crippen LogP contribution is -2.50. The molecule has 7 heteroatoms. The first-order valence-electron chi connectivity index (χ1n) is 7.94. The predicted octanol–water partition coefficient (Wildman–Crippen LogP) is 1.53. The van der Waals surface area contributed by atoms with Crippen LogP contribution in [0.15, 0.2) is 0 Å². The van der Waals surface area contributed by atoms with Gasteiger partial charge in [0, 0.05) is 44.7 Å². The first-order valence-corrected chi connectivity index (χ1v) is 7.94. The summed E-state index contributed by atoms with van der Waals surface area (Å²) in [5.74, 6) is 0.511. The van der Waals surface area contributed by atoms with Crippen LogP contribution < -0.4 is 5.73 Å². The Bertz CT molecular complexity index is 324. The van der Waals surface area contributed by atoms with Gasteiger partial charge in [0.15, 0.2) is 0 Å². The minimum absolute atomic E-state index is 0. The minimum atomic E-state index is 0. The Labute approximate surface area is 146 Å². The molecule has 22 heavy (non-hydrogen) atoms. The summed E-state index contributed by atoms with van der Waals surface area (Å²) in [5.41, 5.74) is 5.90. The number of amides is 1. The van der Waals surface area contributed by atoms with Gasteiger partial charge in [-0.2, -0.15) is 0 Å². The standard InChI is InChI=1S/C15H29N3O2.2ClH/c1-12(2)20-10-9-17-5-7-18(8-6-17)15(19)13-3-4-14(16)11-13;;/h12-14H,3-11,16H2,1-2H3;2*1H. The quantitative estimate of drug-likeness (QED) is 0.812. The summed E-state index contributed by atoms with van der Waals surface area (Å²) in [5, 5.41) is 0. The Morgan fingerprint density at radius 2 is 1.82 bits per heavy atom. The van der Waals surface area contributed by atoms with Gasteiger partial charge in [-0.3, -0.25) is 9.69 Å². The number of rotatable bonds is 5. The van der Waals surface area contributed by atoms with E-state index in [9.17, 15) is 4.79 Å². The number of nitrogens with two attached hydrogens (primary N) is 1. The Kier molecular flexibility index (Phi) is 10.6. The van der Waals surface area contributed by atoms with Crippen molar-refractivity contribution in [3.63, 3.8) is 0 Å². The average Bonchev–Trinajstić information content (AvgIpc) is 2.85. The van der Waals surface area contributed by atoms with Crippen molar-refractivity contribution >= 4 is 30.7 Å². The molecule has 1 saturated carbocycles. The fourth-order valence-electron chi connectivity index (χ4n) is 3.11. The summed E-state index contributed by atoms with van der Waals surface area (Å²) in [6.45, 7) is 9.50. The SMILES string of the molecule is CC(C)OCCN1CCN(C(=O)C2CCC(N)C2)CC1.Cl.Cl. The molecule has 2 N–H and O–H groups in total. The number of carbonyl (C=O) groups is 1. The second kappa shape index (κ2) is 10.7. The highest BCUT2D eigenvalue weighted by atomic mass is 35.5. The van der Waals surface area contributed by atoms with Crippen LogP contribution in [0.4, 0.5) is 0 Å². The number of carbonyl (C=O) groups excluding carboxylic acids is 1. The van der Waals surface area contributed by atoms with Crippen LogP contribution in [0.25, 0.3) is 0 Å². The van der Waals surface area contributed by atoms with Gasteiger partial charge < -0.3 is 15.4 Å². The van der Waals surface area contributed by atoms with Crippen LogP contribution >= 0.6 is 24.8 Å². The van der Waals surface area contributed by atoms with Gasteiger partial charge in [0.1, 0.15) is 0 Å². The molecule has 1 amide bonds. The van der Waals surface area contributed by atoms with E-state index in [2.05, 4.69) is 18.7 Å². The van der Waals surface area contributed by atoms with E-state index in [1.54, 1.807) is 0 Å². The Hall–Kier alpha value is -0.0700. The van der Waals surface area contributed by atoms with E-state index in [4.69, 9.17) is 10.5 Å². The molecule has 0 bridgehead atoms. The molecule has 132 valence electrons. The molecule has 1 aliphatic carbocycles. The van der Waals surface area contributed by atoms with E-state index in [0.717, 1.165) is 58.6 Å². The zero-order chi connectivity index (χ0) is 14.5. The van der Waals surface area contributed by atoms with Gasteiger partial charge in [-0.25, -0.2) is 0 Å². The number of nitrogens with zero attached hydrogens (tertiary/aromatic N) is 2. The Morgan fingerprint density at radius 3 is 2.32 bits per heavy atom. The van der Waals surface area contributed by atoms with Crippen LogP contribution in [0, 0.1) is 5.92 Å². The summed E-state index contributed by atoms with van der Waals surface area (Å²) < 4.78 is 5.58. The van der Waals surface area contributed by atoms with Gasteiger partial charge in [0.05, 0.1) is 12.7 Å². The zero-order valence-corrected chi connectivity index (χ0v) is 15.3. The first-order chi connectivity index (χ1) is 9.56. The van der Waals surface area contributed by atoms with Crippen molar-refractivity contribution < 1.29 is 9.53 Å². The molecule has 5 nitrogen and oxygen atoms in total. The van der Waals surface area contributed by atoms with Crippen molar-refractivity contribution in [2.75, 3.05) is 39.3 Å². The van der Waals surface area contributed by atoms with E-state index in [0.29, 0.717) is 12.0 Å². The summed E-state index contributed by atoms with van der Waals surface area (Å²) in [4.78, 5) is 16.8.